The van der Waals surface area contributed by atoms with Gasteiger partial charge in [0.1, 0.15) is 0 Å². The first-order valence-corrected chi connectivity index (χ1v) is 7.07. The van der Waals surface area contributed by atoms with Gasteiger partial charge in [-0.05, 0) is 25.0 Å². The van der Waals surface area contributed by atoms with Gasteiger partial charge in [-0.3, -0.25) is 9.59 Å². The molecular formula is C13H21N3O2S. The van der Waals surface area contributed by atoms with Gasteiger partial charge in [0.25, 0.3) is 0 Å². The number of carbonyl (C=O) groups excluding carboxylic acids is 2. The molecule has 0 aromatic carbocycles. The predicted molar refractivity (Wildman–Crippen MR) is 76.7 cm³/mol. The minimum atomic E-state index is -0.576. The van der Waals surface area contributed by atoms with E-state index in [1.165, 1.54) is 4.88 Å². The molecule has 0 aliphatic carbocycles. The smallest absolute Gasteiger partial charge is 0.239 e. The zero-order valence-electron chi connectivity index (χ0n) is 11.5. The van der Waals surface area contributed by atoms with Crippen molar-refractivity contribution in [3.8, 4) is 0 Å². The SMILES string of the molecule is Cc1ccc(CNC(=O)CNC(=O)[C@@H](N)C(C)C)s1. The Kier molecular flexibility index (Phi) is 5.98. The highest BCUT2D eigenvalue weighted by molar-refractivity contribution is 7.11. The zero-order valence-corrected chi connectivity index (χ0v) is 12.3. The van der Waals surface area contributed by atoms with Crippen LogP contribution in [0.2, 0.25) is 0 Å². The van der Waals surface area contributed by atoms with Gasteiger partial charge in [0.05, 0.1) is 19.1 Å². The van der Waals surface area contributed by atoms with Crippen LogP contribution >= 0.6 is 11.3 Å². The quantitative estimate of drug-likeness (QED) is 0.721. The molecule has 6 heteroatoms. The first-order valence-electron chi connectivity index (χ1n) is 6.25. The molecule has 0 saturated carbocycles. The van der Waals surface area contributed by atoms with Crippen molar-refractivity contribution in [1.82, 2.24) is 10.6 Å². The monoisotopic (exact) mass is 283 g/mol. The van der Waals surface area contributed by atoms with E-state index in [0.717, 1.165) is 4.88 Å². The minimum Gasteiger partial charge on any atom is -0.350 e. The zero-order chi connectivity index (χ0) is 14.4. The van der Waals surface area contributed by atoms with E-state index in [9.17, 15) is 9.59 Å². The van der Waals surface area contributed by atoms with Crippen molar-refractivity contribution in [2.24, 2.45) is 11.7 Å². The Balaban J connectivity index is 2.26. The average Bonchev–Trinajstić information content (AvgIpc) is 2.78. The van der Waals surface area contributed by atoms with E-state index in [-0.39, 0.29) is 24.3 Å². The molecule has 1 rings (SSSR count). The number of rotatable bonds is 6. The summed E-state index contributed by atoms with van der Waals surface area (Å²) in [6.45, 7) is 6.20. The molecule has 0 spiro atoms. The molecule has 0 bridgehead atoms. The van der Waals surface area contributed by atoms with E-state index in [1.54, 1.807) is 11.3 Å². The van der Waals surface area contributed by atoms with Crippen LogP contribution in [-0.2, 0) is 16.1 Å². The molecule has 2 amide bonds. The maximum atomic E-state index is 11.6. The maximum absolute atomic E-state index is 11.6. The van der Waals surface area contributed by atoms with E-state index >= 15 is 0 Å². The van der Waals surface area contributed by atoms with Gasteiger partial charge in [-0.25, -0.2) is 0 Å². The summed E-state index contributed by atoms with van der Waals surface area (Å²) >= 11 is 1.64. The Hall–Kier alpha value is -1.40. The van der Waals surface area contributed by atoms with Crippen molar-refractivity contribution in [3.63, 3.8) is 0 Å². The third kappa shape index (κ3) is 5.40. The lowest BCUT2D eigenvalue weighted by Gasteiger charge is -2.15. The Labute approximate surface area is 117 Å². The summed E-state index contributed by atoms with van der Waals surface area (Å²) in [6, 6.07) is 3.41. The van der Waals surface area contributed by atoms with Gasteiger partial charge in [-0.2, -0.15) is 0 Å². The van der Waals surface area contributed by atoms with Crippen molar-refractivity contribution < 1.29 is 9.59 Å². The van der Waals surface area contributed by atoms with E-state index in [0.29, 0.717) is 6.54 Å². The fourth-order valence-electron chi connectivity index (χ4n) is 1.42. The molecule has 0 saturated heterocycles. The molecule has 0 aliphatic heterocycles. The second-order valence-corrected chi connectivity index (χ2v) is 6.15. The van der Waals surface area contributed by atoms with Crippen LogP contribution in [0.15, 0.2) is 12.1 Å². The number of nitrogens with two attached hydrogens (primary N) is 1. The molecule has 1 atom stereocenters. The van der Waals surface area contributed by atoms with E-state index in [4.69, 9.17) is 5.73 Å². The topological polar surface area (TPSA) is 84.2 Å². The Morgan fingerprint density at radius 1 is 1.32 bits per heavy atom. The number of aryl methyl sites for hydroxylation is 1. The van der Waals surface area contributed by atoms with Crippen LogP contribution in [0.25, 0.3) is 0 Å². The Bertz CT molecular complexity index is 443. The van der Waals surface area contributed by atoms with Gasteiger partial charge in [0.2, 0.25) is 11.8 Å². The summed E-state index contributed by atoms with van der Waals surface area (Å²) in [5, 5.41) is 5.28. The molecule has 0 aliphatic rings. The fourth-order valence-corrected chi connectivity index (χ4v) is 2.25. The van der Waals surface area contributed by atoms with Crippen molar-refractivity contribution in [2.45, 2.75) is 33.4 Å². The van der Waals surface area contributed by atoms with Gasteiger partial charge in [0, 0.05) is 9.75 Å². The van der Waals surface area contributed by atoms with Gasteiger partial charge >= 0.3 is 0 Å². The Morgan fingerprint density at radius 2 is 2.00 bits per heavy atom. The lowest BCUT2D eigenvalue weighted by molar-refractivity contribution is -0.127. The fraction of sp³-hybridized carbons (Fsp3) is 0.538. The number of carbonyl (C=O) groups is 2. The summed E-state index contributed by atoms with van der Waals surface area (Å²) in [5.41, 5.74) is 5.67. The second kappa shape index (κ2) is 7.25. The third-order valence-electron chi connectivity index (χ3n) is 2.70. The second-order valence-electron chi connectivity index (χ2n) is 4.78. The van der Waals surface area contributed by atoms with E-state index in [2.05, 4.69) is 10.6 Å². The highest BCUT2D eigenvalue weighted by Crippen LogP contribution is 2.14. The number of nitrogens with one attached hydrogen (secondary N) is 2. The summed E-state index contributed by atoms with van der Waals surface area (Å²) in [5.74, 6) is -0.454. The van der Waals surface area contributed by atoms with Gasteiger partial charge in [-0.1, -0.05) is 13.8 Å². The summed E-state index contributed by atoms with van der Waals surface area (Å²) in [6.07, 6.45) is 0. The largest absolute Gasteiger partial charge is 0.350 e. The molecule has 0 fully saturated rings. The number of hydrogen-bond acceptors (Lipinski definition) is 4. The van der Waals surface area contributed by atoms with Crippen LogP contribution in [0.4, 0.5) is 0 Å². The summed E-state index contributed by atoms with van der Waals surface area (Å²) in [4.78, 5) is 25.4. The normalized spacial score (nSPS) is 12.3. The molecular weight excluding hydrogens is 262 g/mol. The minimum absolute atomic E-state index is 0.0381. The van der Waals surface area contributed by atoms with E-state index in [1.807, 2.05) is 32.9 Å². The Morgan fingerprint density at radius 3 is 2.53 bits per heavy atom. The highest BCUT2D eigenvalue weighted by Gasteiger charge is 2.17. The molecule has 1 aromatic heterocycles. The highest BCUT2D eigenvalue weighted by atomic mass is 32.1. The summed E-state index contributed by atoms with van der Waals surface area (Å²) in [7, 11) is 0. The number of thiophene rings is 1. The summed E-state index contributed by atoms with van der Waals surface area (Å²) < 4.78 is 0. The van der Waals surface area contributed by atoms with Crippen LogP contribution in [-0.4, -0.2) is 24.4 Å². The van der Waals surface area contributed by atoms with Crippen molar-refractivity contribution in [2.75, 3.05) is 6.54 Å². The lowest BCUT2D eigenvalue weighted by Crippen LogP contribution is -2.47. The number of hydrogen-bond donors (Lipinski definition) is 3. The average molecular weight is 283 g/mol. The molecule has 19 heavy (non-hydrogen) atoms. The first kappa shape index (κ1) is 15.7. The van der Waals surface area contributed by atoms with Crippen LogP contribution in [0, 0.1) is 12.8 Å². The van der Waals surface area contributed by atoms with Crippen LogP contribution in [0.1, 0.15) is 23.6 Å². The molecule has 0 radical (unpaired) electrons. The maximum Gasteiger partial charge on any atom is 0.239 e. The lowest BCUT2D eigenvalue weighted by atomic mass is 10.1. The van der Waals surface area contributed by atoms with E-state index < -0.39 is 6.04 Å². The molecule has 1 aromatic rings. The predicted octanol–water partition coefficient (Wildman–Crippen LogP) is 0.772. The van der Waals surface area contributed by atoms with Gasteiger partial charge in [0.15, 0.2) is 0 Å². The molecule has 4 N–H and O–H groups in total. The molecule has 106 valence electrons. The van der Waals surface area contributed by atoms with Crippen molar-refractivity contribution in [3.05, 3.63) is 21.9 Å². The van der Waals surface area contributed by atoms with Gasteiger partial charge < -0.3 is 16.4 Å². The standard InChI is InChI=1S/C13H21N3O2S/c1-8(2)12(14)13(18)16-7-11(17)15-6-10-5-4-9(3)19-10/h4-5,8,12H,6-7,14H2,1-3H3,(H,15,17)(H,16,18)/t12-/m0/s1. The number of amides is 2. The van der Waals surface area contributed by atoms with Crippen LogP contribution in [0.5, 0.6) is 0 Å². The van der Waals surface area contributed by atoms with Crippen LogP contribution in [0.3, 0.4) is 0 Å². The first-order chi connectivity index (χ1) is 8.90. The van der Waals surface area contributed by atoms with Crippen molar-refractivity contribution in [1.29, 1.82) is 0 Å². The van der Waals surface area contributed by atoms with Crippen LogP contribution < -0.4 is 16.4 Å². The molecule has 5 nitrogen and oxygen atoms in total. The van der Waals surface area contributed by atoms with Crippen molar-refractivity contribution >= 4 is 23.2 Å². The molecule has 1 heterocycles. The third-order valence-corrected chi connectivity index (χ3v) is 3.70. The van der Waals surface area contributed by atoms with Gasteiger partial charge in [-0.15, -0.1) is 11.3 Å². The molecule has 0 unspecified atom stereocenters.